The number of fused-ring (bicyclic) bond motifs is 1. The minimum Gasteiger partial charge on any atom is -0.466 e. The third-order valence-corrected chi connectivity index (χ3v) is 5.84. The Morgan fingerprint density at radius 3 is 2.51 bits per heavy atom. The molecule has 0 aliphatic carbocycles. The molecule has 35 heavy (non-hydrogen) atoms. The van der Waals surface area contributed by atoms with E-state index in [0.717, 1.165) is 40.7 Å². The van der Waals surface area contributed by atoms with Crippen molar-refractivity contribution in [3.63, 3.8) is 0 Å². The summed E-state index contributed by atoms with van der Waals surface area (Å²) < 4.78 is 36.3. The summed E-state index contributed by atoms with van der Waals surface area (Å²) in [5.74, 6) is -0.198. The summed E-state index contributed by atoms with van der Waals surface area (Å²) in [4.78, 5) is 16.3. The first-order chi connectivity index (χ1) is 17.0. The van der Waals surface area contributed by atoms with Crippen LogP contribution in [-0.2, 0) is 40.1 Å². The normalized spacial score (nSPS) is 11.3. The minimum absolute atomic E-state index is 0.135. The molecule has 4 aromatic rings. The molecule has 0 aliphatic rings. The van der Waals surface area contributed by atoms with Crippen molar-refractivity contribution in [1.29, 1.82) is 0 Å². The summed E-state index contributed by atoms with van der Waals surface area (Å²) in [5.41, 5.74) is 5.92. The molecule has 0 amide bonds. The molecule has 182 valence electrons. The summed E-state index contributed by atoms with van der Waals surface area (Å²) in [6.07, 6.45) is 6.47. The quantitative estimate of drug-likeness (QED) is 0.247. The number of carbonyl (C=O) groups is 1. The molecule has 2 aromatic heterocycles. The molecular formula is C28H28F2N2O3. The Morgan fingerprint density at radius 2 is 1.80 bits per heavy atom. The van der Waals surface area contributed by atoms with E-state index in [0.29, 0.717) is 25.0 Å². The number of benzene rings is 2. The molecule has 2 aromatic carbocycles. The molecule has 4 rings (SSSR count). The highest BCUT2D eigenvalue weighted by Gasteiger charge is 2.13. The van der Waals surface area contributed by atoms with Gasteiger partial charge >= 0.3 is 12.6 Å². The largest absolute Gasteiger partial charge is 0.466 e. The Labute approximate surface area is 203 Å². The van der Waals surface area contributed by atoms with Crippen molar-refractivity contribution in [1.82, 2.24) is 9.55 Å². The number of ether oxygens (including phenoxy) is 2. The van der Waals surface area contributed by atoms with Crippen molar-refractivity contribution in [3.05, 3.63) is 95.4 Å². The fourth-order valence-corrected chi connectivity index (χ4v) is 4.11. The zero-order chi connectivity index (χ0) is 24.6. The van der Waals surface area contributed by atoms with Crippen molar-refractivity contribution in [2.45, 2.75) is 45.8 Å². The second-order valence-corrected chi connectivity index (χ2v) is 8.24. The molecule has 7 heteroatoms. The highest BCUT2D eigenvalue weighted by atomic mass is 19.3. The SMILES string of the molecule is CCOC(=O)CCc1ccc2c(c1)c(CCc1ccccn1)cn2-c1ccc(COC(F)F)cc1. The fraction of sp³-hybridized carbons (Fsp3) is 0.286. The van der Waals surface area contributed by atoms with Gasteiger partial charge in [0.05, 0.1) is 18.7 Å². The molecule has 0 saturated carbocycles. The highest BCUT2D eigenvalue weighted by Crippen LogP contribution is 2.28. The molecule has 0 fully saturated rings. The number of halogens is 2. The van der Waals surface area contributed by atoms with Gasteiger partial charge in [0, 0.05) is 35.6 Å². The first-order valence-corrected chi connectivity index (χ1v) is 11.7. The molecule has 0 atom stereocenters. The van der Waals surface area contributed by atoms with Crippen LogP contribution in [0.2, 0.25) is 0 Å². The maximum atomic E-state index is 12.4. The first-order valence-electron chi connectivity index (χ1n) is 11.7. The maximum Gasteiger partial charge on any atom is 0.345 e. The Balaban J connectivity index is 1.63. The Hall–Kier alpha value is -3.58. The third kappa shape index (κ3) is 6.51. The van der Waals surface area contributed by atoms with Crippen LogP contribution in [0.3, 0.4) is 0 Å². The maximum absolute atomic E-state index is 12.4. The van der Waals surface area contributed by atoms with E-state index >= 15 is 0 Å². The van der Waals surface area contributed by atoms with Gasteiger partial charge < -0.3 is 14.0 Å². The number of esters is 1. The molecule has 2 heterocycles. The van der Waals surface area contributed by atoms with E-state index in [2.05, 4.69) is 32.6 Å². The van der Waals surface area contributed by atoms with Crippen LogP contribution in [0.15, 0.2) is 73.1 Å². The van der Waals surface area contributed by atoms with E-state index in [1.165, 1.54) is 5.56 Å². The molecule has 0 saturated heterocycles. The average molecular weight is 479 g/mol. The summed E-state index contributed by atoms with van der Waals surface area (Å²) >= 11 is 0. The number of hydrogen-bond acceptors (Lipinski definition) is 4. The number of alkyl halides is 2. The lowest BCUT2D eigenvalue weighted by Crippen LogP contribution is -2.05. The van der Waals surface area contributed by atoms with E-state index in [-0.39, 0.29) is 12.6 Å². The lowest BCUT2D eigenvalue weighted by atomic mass is 10.0. The lowest BCUT2D eigenvalue weighted by Gasteiger charge is -2.08. The minimum atomic E-state index is -2.79. The predicted molar refractivity (Wildman–Crippen MR) is 131 cm³/mol. The highest BCUT2D eigenvalue weighted by molar-refractivity contribution is 5.86. The van der Waals surface area contributed by atoms with Gasteiger partial charge in [0.15, 0.2) is 0 Å². The molecule has 0 unspecified atom stereocenters. The van der Waals surface area contributed by atoms with Gasteiger partial charge in [-0.1, -0.05) is 24.3 Å². The van der Waals surface area contributed by atoms with Crippen LogP contribution in [0.4, 0.5) is 8.78 Å². The van der Waals surface area contributed by atoms with E-state index < -0.39 is 6.61 Å². The van der Waals surface area contributed by atoms with Gasteiger partial charge in [-0.2, -0.15) is 8.78 Å². The number of hydrogen-bond donors (Lipinski definition) is 0. The van der Waals surface area contributed by atoms with Crippen LogP contribution in [-0.4, -0.2) is 28.7 Å². The van der Waals surface area contributed by atoms with Gasteiger partial charge in [0.25, 0.3) is 0 Å². The van der Waals surface area contributed by atoms with E-state index in [1.807, 2.05) is 36.4 Å². The third-order valence-electron chi connectivity index (χ3n) is 5.84. The van der Waals surface area contributed by atoms with Gasteiger partial charge in [-0.15, -0.1) is 0 Å². The molecule has 0 radical (unpaired) electrons. The van der Waals surface area contributed by atoms with Crippen LogP contribution >= 0.6 is 0 Å². The summed E-state index contributed by atoms with van der Waals surface area (Å²) in [6, 6.07) is 19.5. The number of aromatic nitrogens is 2. The summed E-state index contributed by atoms with van der Waals surface area (Å²) in [5, 5.41) is 1.12. The fourth-order valence-electron chi connectivity index (χ4n) is 4.11. The number of carbonyl (C=O) groups excluding carboxylic acids is 1. The average Bonchev–Trinajstić information content (AvgIpc) is 3.24. The summed E-state index contributed by atoms with van der Waals surface area (Å²) in [6.45, 7) is -0.740. The standard InChI is InChI=1S/C28H28F2N2O3/c1-2-34-27(33)15-9-20-8-14-26-25(17-20)22(10-11-23-5-3-4-16-31-23)18-32(26)24-12-6-21(7-13-24)19-35-28(29)30/h3-8,12-14,16-18,28H,2,9-11,15,19H2,1H3. The van der Waals surface area contributed by atoms with E-state index in [1.54, 1.807) is 25.3 Å². The molecule has 0 aliphatic heterocycles. The van der Waals surface area contributed by atoms with Crippen molar-refractivity contribution in [3.8, 4) is 5.69 Å². The van der Waals surface area contributed by atoms with Crippen LogP contribution in [0, 0.1) is 0 Å². The first kappa shape index (κ1) is 24.5. The van der Waals surface area contributed by atoms with E-state index in [9.17, 15) is 13.6 Å². The van der Waals surface area contributed by atoms with Gasteiger partial charge in [-0.05, 0) is 79.3 Å². The van der Waals surface area contributed by atoms with Crippen LogP contribution in [0.5, 0.6) is 0 Å². The monoisotopic (exact) mass is 478 g/mol. The molecule has 0 spiro atoms. The topological polar surface area (TPSA) is 53.3 Å². The second-order valence-electron chi connectivity index (χ2n) is 8.24. The zero-order valence-corrected chi connectivity index (χ0v) is 19.6. The lowest BCUT2D eigenvalue weighted by molar-refractivity contribution is -0.143. The summed E-state index contributed by atoms with van der Waals surface area (Å²) in [7, 11) is 0. The second kappa shape index (κ2) is 11.7. The number of pyridine rings is 1. The predicted octanol–water partition coefficient (Wildman–Crippen LogP) is 6.05. The molecule has 0 N–H and O–H groups in total. The van der Waals surface area contributed by atoms with Gasteiger partial charge in [-0.25, -0.2) is 0 Å². The van der Waals surface area contributed by atoms with Gasteiger partial charge in [-0.3, -0.25) is 9.78 Å². The Kier molecular flexibility index (Phi) is 8.21. The van der Waals surface area contributed by atoms with Crippen molar-refractivity contribution >= 4 is 16.9 Å². The molecule has 0 bridgehead atoms. The molecular weight excluding hydrogens is 450 g/mol. The van der Waals surface area contributed by atoms with Gasteiger partial charge in [0.2, 0.25) is 0 Å². The van der Waals surface area contributed by atoms with Crippen molar-refractivity contribution in [2.75, 3.05) is 6.61 Å². The molecule has 5 nitrogen and oxygen atoms in total. The Bertz CT molecular complexity index is 1250. The van der Waals surface area contributed by atoms with Crippen molar-refractivity contribution in [2.24, 2.45) is 0 Å². The number of nitrogens with zero attached hydrogens (tertiary/aromatic N) is 2. The van der Waals surface area contributed by atoms with Crippen LogP contribution in [0.1, 0.15) is 35.7 Å². The zero-order valence-electron chi connectivity index (χ0n) is 19.6. The number of rotatable bonds is 11. The number of aryl methyl sites for hydroxylation is 3. The smallest absolute Gasteiger partial charge is 0.345 e. The van der Waals surface area contributed by atoms with Crippen LogP contribution in [0.25, 0.3) is 16.6 Å². The van der Waals surface area contributed by atoms with Crippen LogP contribution < -0.4 is 0 Å². The van der Waals surface area contributed by atoms with E-state index in [4.69, 9.17) is 4.74 Å². The van der Waals surface area contributed by atoms with Gasteiger partial charge in [0.1, 0.15) is 0 Å². The Morgan fingerprint density at radius 1 is 1.00 bits per heavy atom. The van der Waals surface area contributed by atoms with Crippen molar-refractivity contribution < 1.29 is 23.0 Å².